The number of nitrogens with zero attached hydrogens (tertiary/aromatic N) is 5. The van der Waals surface area contributed by atoms with Crippen LogP contribution < -0.4 is 0 Å². The van der Waals surface area contributed by atoms with Crippen LogP contribution in [0.1, 0.15) is 51.3 Å². The summed E-state index contributed by atoms with van der Waals surface area (Å²) in [5.74, 6) is 2.92. The number of rotatable bonds is 4. The van der Waals surface area contributed by atoms with Crippen molar-refractivity contribution < 1.29 is 9.32 Å². The van der Waals surface area contributed by atoms with Crippen molar-refractivity contribution in [2.75, 3.05) is 6.54 Å². The molecular weight excluding hydrogens is 320 g/mol. The minimum atomic E-state index is 0.211. The largest absolute Gasteiger partial charge is 0.339 e. The van der Waals surface area contributed by atoms with Gasteiger partial charge in [-0.15, -0.1) is 0 Å². The van der Waals surface area contributed by atoms with Crippen LogP contribution in [0.2, 0.25) is 0 Å². The summed E-state index contributed by atoms with van der Waals surface area (Å²) in [6, 6.07) is 0.428. The third kappa shape index (κ3) is 3.29. The van der Waals surface area contributed by atoms with E-state index in [1.54, 1.807) is 0 Å². The molecule has 1 aliphatic carbocycles. The van der Waals surface area contributed by atoms with Crippen LogP contribution in [0.4, 0.5) is 0 Å². The highest BCUT2D eigenvalue weighted by molar-refractivity contribution is 5.76. The Labute approximate surface area is 146 Å². The Morgan fingerprint density at radius 2 is 2.24 bits per heavy atom. The minimum Gasteiger partial charge on any atom is -0.339 e. The first-order chi connectivity index (χ1) is 12.2. The summed E-state index contributed by atoms with van der Waals surface area (Å²) in [4.78, 5) is 23.2. The number of piperidine rings is 1. The molecule has 4 rings (SSSR count). The van der Waals surface area contributed by atoms with Crippen LogP contribution in [0.15, 0.2) is 10.9 Å². The van der Waals surface area contributed by atoms with Crippen molar-refractivity contribution >= 4 is 5.91 Å². The fourth-order valence-corrected chi connectivity index (χ4v) is 4.35. The molecule has 1 saturated heterocycles. The van der Waals surface area contributed by atoms with Gasteiger partial charge in [0.05, 0.1) is 0 Å². The van der Waals surface area contributed by atoms with E-state index in [-0.39, 0.29) is 5.91 Å². The molecule has 3 heterocycles. The van der Waals surface area contributed by atoms with Crippen LogP contribution in [0.25, 0.3) is 11.6 Å². The maximum absolute atomic E-state index is 12.8. The molecule has 2 fully saturated rings. The second-order valence-electron chi connectivity index (χ2n) is 7.21. The summed E-state index contributed by atoms with van der Waals surface area (Å²) in [5, 5.41) is 10.3. The van der Waals surface area contributed by atoms with E-state index in [0.29, 0.717) is 42.3 Å². The number of nitrogens with one attached hydrogen (secondary N) is 1. The fraction of sp³-hybridized carbons (Fsp3) is 0.706. The quantitative estimate of drug-likeness (QED) is 0.912. The summed E-state index contributed by atoms with van der Waals surface area (Å²) < 4.78 is 5.23. The van der Waals surface area contributed by atoms with Gasteiger partial charge in [-0.3, -0.25) is 9.89 Å². The first kappa shape index (κ1) is 16.2. The average molecular weight is 344 g/mol. The fourth-order valence-electron chi connectivity index (χ4n) is 4.35. The minimum absolute atomic E-state index is 0.211. The third-order valence-corrected chi connectivity index (χ3v) is 5.71. The van der Waals surface area contributed by atoms with Crippen molar-refractivity contribution in [3.63, 3.8) is 0 Å². The summed E-state index contributed by atoms with van der Waals surface area (Å²) in [6.07, 6.45) is 8.34. The van der Waals surface area contributed by atoms with Crippen LogP contribution in [-0.2, 0) is 11.2 Å². The number of hydrogen-bond acceptors (Lipinski definition) is 6. The van der Waals surface area contributed by atoms with Crippen molar-refractivity contribution in [2.24, 2.45) is 11.8 Å². The molecule has 3 atom stereocenters. The predicted molar refractivity (Wildman–Crippen MR) is 89.2 cm³/mol. The van der Waals surface area contributed by atoms with E-state index in [1.165, 1.54) is 25.6 Å². The molecule has 8 nitrogen and oxygen atoms in total. The zero-order valence-electron chi connectivity index (χ0n) is 14.5. The molecule has 25 heavy (non-hydrogen) atoms. The van der Waals surface area contributed by atoms with Crippen molar-refractivity contribution in [2.45, 2.75) is 57.9 Å². The number of aryl methyl sites for hydroxylation is 1. The van der Waals surface area contributed by atoms with E-state index in [9.17, 15) is 4.79 Å². The van der Waals surface area contributed by atoms with Crippen molar-refractivity contribution in [1.29, 1.82) is 0 Å². The lowest BCUT2D eigenvalue weighted by molar-refractivity contribution is -0.139. The maximum atomic E-state index is 12.8. The Bertz CT molecular complexity index is 713. The number of H-pyrrole nitrogens is 1. The van der Waals surface area contributed by atoms with Gasteiger partial charge in [0.25, 0.3) is 0 Å². The molecule has 2 aliphatic rings. The first-order valence-corrected chi connectivity index (χ1v) is 9.20. The molecule has 1 N–H and O–H groups in total. The molecule has 1 aliphatic heterocycles. The molecule has 0 spiro atoms. The van der Waals surface area contributed by atoms with Gasteiger partial charge in [0.15, 0.2) is 5.82 Å². The van der Waals surface area contributed by atoms with Crippen LogP contribution >= 0.6 is 0 Å². The first-order valence-electron chi connectivity index (χ1n) is 9.20. The van der Waals surface area contributed by atoms with Gasteiger partial charge in [-0.05, 0) is 31.1 Å². The van der Waals surface area contributed by atoms with Crippen LogP contribution in [-0.4, -0.2) is 48.7 Å². The summed E-state index contributed by atoms with van der Waals surface area (Å²) in [5.41, 5.74) is 0. The number of amides is 1. The van der Waals surface area contributed by atoms with Crippen LogP contribution in [0.5, 0.6) is 0 Å². The Hall–Kier alpha value is -2.25. The number of fused-ring (bicyclic) bond motifs is 1. The molecule has 0 aromatic carbocycles. The molecule has 8 heteroatoms. The standard InChI is InChI=1S/C17H24N6O2/c1-11-8-9-23(13-5-3-2-4-12(11)13)15(24)7-6-14-20-17(22-25-14)16-18-10-19-21-16/h10-13H,2-9H2,1H3,(H,18,19,21)/t11-,12+,13-/m1/s1. The van der Waals surface area contributed by atoms with Gasteiger partial charge >= 0.3 is 0 Å². The zero-order chi connectivity index (χ0) is 17.2. The second kappa shape index (κ2) is 6.93. The number of carbonyl (C=O) groups excluding carboxylic acids is 1. The number of likely N-dealkylation sites (tertiary alicyclic amines) is 1. The van der Waals surface area contributed by atoms with Crippen molar-refractivity contribution in [3.05, 3.63) is 12.2 Å². The molecule has 1 amide bonds. The molecule has 0 bridgehead atoms. The highest BCUT2D eigenvalue weighted by atomic mass is 16.5. The van der Waals surface area contributed by atoms with Crippen molar-refractivity contribution in [1.82, 2.24) is 30.2 Å². The molecule has 1 saturated carbocycles. The zero-order valence-corrected chi connectivity index (χ0v) is 14.5. The lowest BCUT2D eigenvalue weighted by atomic mass is 9.72. The Morgan fingerprint density at radius 1 is 1.36 bits per heavy atom. The van der Waals surface area contributed by atoms with Crippen molar-refractivity contribution in [3.8, 4) is 11.6 Å². The third-order valence-electron chi connectivity index (χ3n) is 5.71. The Balaban J connectivity index is 1.37. The lowest BCUT2D eigenvalue weighted by Gasteiger charge is -2.47. The average Bonchev–Trinajstić information content (AvgIpc) is 3.32. The van der Waals surface area contributed by atoms with E-state index in [1.807, 2.05) is 0 Å². The van der Waals surface area contributed by atoms with Gasteiger partial charge in [0.2, 0.25) is 17.6 Å². The van der Waals surface area contributed by atoms with Gasteiger partial charge < -0.3 is 9.42 Å². The monoisotopic (exact) mass is 344 g/mol. The SMILES string of the molecule is C[C@@H]1CCN(C(=O)CCc2nc(-c3ncn[nH]3)no2)[C@@H]2CCCC[C@@H]12. The molecule has 0 radical (unpaired) electrons. The smallest absolute Gasteiger partial charge is 0.239 e. The second-order valence-corrected chi connectivity index (χ2v) is 7.21. The van der Waals surface area contributed by atoms with Crippen LogP contribution in [0.3, 0.4) is 0 Å². The highest BCUT2D eigenvalue weighted by Gasteiger charge is 2.39. The van der Waals surface area contributed by atoms with Gasteiger partial charge in [0, 0.05) is 25.4 Å². The lowest BCUT2D eigenvalue weighted by Crippen LogP contribution is -2.52. The molecule has 134 valence electrons. The number of aromatic amines is 1. The normalized spacial score (nSPS) is 26.4. The molecule has 2 aromatic rings. The highest BCUT2D eigenvalue weighted by Crippen LogP contribution is 2.39. The number of carbonyl (C=O) groups is 1. The van der Waals surface area contributed by atoms with Gasteiger partial charge in [-0.2, -0.15) is 10.1 Å². The Morgan fingerprint density at radius 3 is 3.08 bits per heavy atom. The number of aromatic nitrogens is 5. The van der Waals surface area contributed by atoms with E-state index < -0.39 is 0 Å². The molecular formula is C17H24N6O2. The summed E-state index contributed by atoms with van der Waals surface area (Å²) >= 11 is 0. The van der Waals surface area contributed by atoms with Crippen LogP contribution in [0, 0.1) is 11.8 Å². The predicted octanol–water partition coefficient (Wildman–Crippen LogP) is 2.21. The number of hydrogen-bond donors (Lipinski definition) is 1. The van der Waals surface area contributed by atoms with E-state index in [4.69, 9.17) is 4.52 Å². The van der Waals surface area contributed by atoms with E-state index in [2.05, 4.69) is 37.1 Å². The topological polar surface area (TPSA) is 101 Å². The van der Waals surface area contributed by atoms with Gasteiger partial charge in [-0.25, -0.2) is 4.98 Å². The molecule has 2 aromatic heterocycles. The maximum Gasteiger partial charge on any atom is 0.239 e. The summed E-state index contributed by atoms with van der Waals surface area (Å²) in [7, 11) is 0. The van der Waals surface area contributed by atoms with Gasteiger partial charge in [-0.1, -0.05) is 24.9 Å². The van der Waals surface area contributed by atoms with Gasteiger partial charge in [0.1, 0.15) is 6.33 Å². The molecule has 0 unspecified atom stereocenters. The van der Waals surface area contributed by atoms with E-state index in [0.717, 1.165) is 25.3 Å². The Kier molecular flexibility index (Phi) is 4.50. The summed E-state index contributed by atoms with van der Waals surface area (Å²) in [6.45, 7) is 3.22. The van der Waals surface area contributed by atoms with E-state index >= 15 is 0 Å².